The summed E-state index contributed by atoms with van der Waals surface area (Å²) in [5, 5.41) is 9.32. The first kappa shape index (κ1) is 25.4. The molecule has 174 valence electrons. The van der Waals surface area contributed by atoms with Crippen LogP contribution >= 0.6 is 0 Å². The number of aliphatic hydroxyl groups excluding tert-OH is 1. The Morgan fingerprint density at radius 1 is 1.12 bits per heavy atom. The van der Waals surface area contributed by atoms with Crippen molar-refractivity contribution in [2.24, 2.45) is 0 Å². The number of esters is 1. The minimum Gasteiger partial charge on any atom is -0.497 e. The van der Waals surface area contributed by atoms with E-state index < -0.39 is 18.2 Å². The Labute approximate surface area is 189 Å². The molecule has 32 heavy (non-hydrogen) atoms. The van der Waals surface area contributed by atoms with Gasteiger partial charge in [0.05, 0.1) is 7.11 Å². The van der Waals surface area contributed by atoms with Crippen LogP contribution in [0.25, 0.3) is 0 Å². The van der Waals surface area contributed by atoms with E-state index in [4.69, 9.17) is 14.2 Å². The molecule has 2 aromatic carbocycles. The fourth-order valence-electron chi connectivity index (χ4n) is 3.25. The number of methoxy groups -OCH3 is 1. The number of hydrogen-bond donors (Lipinski definition) is 1. The molecule has 0 fully saturated rings. The van der Waals surface area contributed by atoms with Crippen LogP contribution in [-0.2, 0) is 27.2 Å². The van der Waals surface area contributed by atoms with Gasteiger partial charge in [-0.3, -0.25) is 4.79 Å². The van der Waals surface area contributed by atoms with E-state index in [9.17, 15) is 14.7 Å². The number of rotatable bonds is 14. The van der Waals surface area contributed by atoms with Crippen LogP contribution in [0.15, 0.2) is 48.5 Å². The number of carbonyl (C=O) groups excluding carboxylic acids is 2. The molecular weight excluding hydrogens is 410 g/mol. The lowest BCUT2D eigenvalue weighted by Crippen LogP contribution is -2.35. The molecule has 0 spiro atoms. The van der Waals surface area contributed by atoms with Gasteiger partial charge >= 0.3 is 5.97 Å². The Morgan fingerprint density at radius 2 is 1.91 bits per heavy atom. The van der Waals surface area contributed by atoms with E-state index in [2.05, 4.69) is 6.07 Å². The van der Waals surface area contributed by atoms with Gasteiger partial charge in [0.25, 0.3) is 0 Å². The maximum Gasteiger partial charge on any atom is 0.306 e. The first-order chi connectivity index (χ1) is 15.4. The third kappa shape index (κ3) is 9.08. The summed E-state index contributed by atoms with van der Waals surface area (Å²) in [6, 6.07) is 15.8. The molecule has 0 aromatic heterocycles. The number of aldehydes is 1. The predicted octanol–water partition coefficient (Wildman–Crippen LogP) is 2.67. The van der Waals surface area contributed by atoms with E-state index in [1.807, 2.05) is 61.5 Å². The number of hydrogen-bond acceptors (Lipinski definition) is 7. The summed E-state index contributed by atoms with van der Waals surface area (Å²) in [6.45, 7) is 0.699. The predicted molar refractivity (Wildman–Crippen MR) is 122 cm³/mol. The van der Waals surface area contributed by atoms with Crippen LogP contribution in [0, 0.1) is 0 Å². The van der Waals surface area contributed by atoms with Crippen LogP contribution in [0.5, 0.6) is 11.5 Å². The Balaban J connectivity index is 1.96. The molecule has 0 aliphatic rings. The van der Waals surface area contributed by atoms with E-state index in [1.54, 1.807) is 7.11 Å². The number of likely N-dealkylation sites (N-methyl/N-ethyl adjacent to an activating group) is 1. The largest absolute Gasteiger partial charge is 0.497 e. The van der Waals surface area contributed by atoms with Crippen molar-refractivity contribution < 1.29 is 28.9 Å². The highest BCUT2D eigenvalue weighted by atomic mass is 16.6. The third-order valence-corrected chi connectivity index (χ3v) is 4.88. The second-order valence-electron chi connectivity index (χ2n) is 7.89. The van der Waals surface area contributed by atoms with Crippen molar-refractivity contribution in [3.63, 3.8) is 0 Å². The van der Waals surface area contributed by atoms with E-state index in [0.29, 0.717) is 12.8 Å². The van der Waals surface area contributed by atoms with Crippen LogP contribution in [0.4, 0.5) is 0 Å². The summed E-state index contributed by atoms with van der Waals surface area (Å²) in [6.07, 6.45) is 0.444. The van der Waals surface area contributed by atoms with Gasteiger partial charge in [-0.25, -0.2) is 0 Å². The van der Waals surface area contributed by atoms with E-state index in [1.165, 1.54) is 5.56 Å². The quantitative estimate of drug-likeness (QED) is 0.355. The molecular formula is C25H33NO6. The highest BCUT2D eigenvalue weighted by Crippen LogP contribution is 2.22. The van der Waals surface area contributed by atoms with Gasteiger partial charge in [0.1, 0.15) is 36.6 Å². The van der Waals surface area contributed by atoms with Gasteiger partial charge in [-0.15, -0.1) is 0 Å². The van der Waals surface area contributed by atoms with Gasteiger partial charge < -0.3 is 29.0 Å². The second kappa shape index (κ2) is 13.5. The molecule has 1 N–H and O–H groups in total. The number of nitrogens with zero attached hydrogens (tertiary/aromatic N) is 1. The summed E-state index contributed by atoms with van der Waals surface area (Å²) < 4.78 is 16.9. The number of aryl methyl sites for hydroxylation is 2. The third-order valence-electron chi connectivity index (χ3n) is 4.88. The topological polar surface area (TPSA) is 85.3 Å². The average Bonchev–Trinajstić information content (AvgIpc) is 2.79. The zero-order valence-electron chi connectivity index (χ0n) is 19.0. The van der Waals surface area contributed by atoms with Crippen molar-refractivity contribution in [2.45, 2.75) is 37.9 Å². The lowest BCUT2D eigenvalue weighted by Gasteiger charge is -2.22. The Bertz CT molecular complexity index is 854. The molecule has 2 rings (SSSR count). The number of para-hydroxylation sites is 1. The Morgan fingerprint density at radius 3 is 2.62 bits per heavy atom. The highest BCUT2D eigenvalue weighted by Gasteiger charge is 2.18. The van der Waals surface area contributed by atoms with E-state index >= 15 is 0 Å². The lowest BCUT2D eigenvalue weighted by atomic mass is 10.0. The standard InChI is InChI=1S/C25H33NO6/c1-26(2)16-23(32-25(29)14-13-21(28)17-27)18-31-24-10-5-4-8-20(24)12-11-19-7-6-9-22(15-19)30-3/h4-10,15,17,21,23,28H,11-14,16,18H2,1-3H3/t21?,23-/m1/s1. The van der Waals surface area contributed by atoms with Crippen molar-refractivity contribution in [2.75, 3.05) is 34.4 Å². The molecule has 0 radical (unpaired) electrons. The van der Waals surface area contributed by atoms with Crippen LogP contribution in [0.3, 0.4) is 0 Å². The minimum absolute atomic E-state index is 0.0268. The van der Waals surface area contributed by atoms with Gasteiger partial charge in [-0.05, 0) is 62.7 Å². The summed E-state index contributed by atoms with van der Waals surface area (Å²) in [4.78, 5) is 24.5. The van der Waals surface area contributed by atoms with Crippen molar-refractivity contribution in [3.8, 4) is 11.5 Å². The van der Waals surface area contributed by atoms with Gasteiger partial charge in [-0.2, -0.15) is 0 Å². The van der Waals surface area contributed by atoms with Crippen molar-refractivity contribution in [3.05, 3.63) is 59.7 Å². The molecule has 0 saturated carbocycles. The summed E-state index contributed by atoms with van der Waals surface area (Å²) in [7, 11) is 5.43. The first-order valence-corrected chi connectivity index (χ1v) is 10.7. The number of aliphatic hydroxyl groups is 1. The minimum atomic E-state index is -1.15. The molecule has 2 aromatic rings. The molecule has 7 heteroatoms. The summed E-state index contributed by atoms with van der Waals surface area (Å²) >= 11 is 0. The number of ether oxygens (including phenoxy) is 3. The normalized spacial score (nSPS) is 12.8. The lowest BCUT2D eigenvalue weighted by molar-refractivity contribution is -0.152. The molecule has 0 aliphatic carbocycles. The number of benzene rings is 2. The maximum absolute atomic E-state index is 12.1. The Hall–Kier alpha value is -2.90. The smallest absolute Gasteiger partial charge is 0.306 e. The van der Waals surface area contributed by atoms with Crippen LogP contribution in [0.2, 0.25) is 0 Å². The molecule has 0 heterocycles. The monoisotopic (exact) mass is 443 g/mol. The van der Waals surface area contributed by atoms with E-state index in [-0.39, 0.29) is 19.4 Å². The van der Waals surface area contributed by atoms with Crippen molar-refractivity contribution >= 4 is 12.3 Å². The fraction of sp³-hybridized carbons (Fsp3) is 0.440. The molecule has 0 bridgehead atoms. The van der Waals surface area contributed by atoms with Crippen LogP contribution in [-0.4, -0.2) is 68.8 Å². The highest BCUT2D eigenvalue weighted by molar-refractivity contribution is 5.70. The van der Waals surface area contributed by atoms with Crippen molar-refractivity contribution in [1.82, 2.24) is 4.90 Å². The Kier molecular flexibility index (Phi) is 10.7. The zero-order valence-corrected chi connectivity index (χ0v) is 19.0. The molecule has 0 saturated heterocycles. The van der Waals surface area contributed by atoms with Gasteiger partial charge in [0.15, 0.2) is 0 Å². The first-order valence-electron chi connectivity index (χ1n) is 10.7. The maximum atomic E-state index is 12.1. The zero-order chi connectivity index (χ0) is 23.3. The van der Waals surface area contributed by atoms with Gasteiger partial charge in [0, 0.05) is 13.0 Å². The number of carbonyl (C=O) groups is 2. The van der Waals surface area contributed by atoms with Crippen LogP contribution in [0.1, 0.15) is 24.0 Å². The molecule has 0 aliphatic heterocycles. The summed E-state index contributed by atoms with van der Waals surface area (Å²) in [5.74, 6) is 1.13. The van der Waals surface area contributed by atoms with Gasteiger partial charge in [0.2, 0.25) is 0 Å². The SMILES string of the molecule is COc1cccc(CCc2ccccc2OC[C@@H](CN(C)C)OC(=O)CCC(O)C=O)c1. The fourth-order valence-corrected chi connectivity index (χ4v) is 3.25. The molecule has 7 nitrogen and oxygen atoms in total. The summed E-state index contributed by atoms with van der Waals surface area (Å²) in [5.41, 5.74) is 2.25. The molecule has 1 unspecified atom stereocenters. The van der Waals surface area contributed by atoms with Gasteiger partial charge in [-0.1, -0.05) is 30.3 Å². The average molecular weight is 444 g/mol. The second-order valence-corrected chi connectivity index (χ2v) is 7.89. The molecule has 2 atom stereocenters. The molecule has 0 amide bonds. The van der Waals surface area contributed by atoms with E-state index in [0.717, 1.165) is 29.9 Å². The van der Waals surface area contributed by atoms with Crippen LogP contribution < -0.4 is 9.47 Å². The van der Waals surface area contributed by atoms with Crippen molar-refractivity contribution in [1.29, 1.82) is 0 Å².